The normalized spacial score (nSPS) is 20.6. The number of nitrogens with zero attached hydrogens (tertiary/aromatic N) is 2. The molecule has 0 aliphatic carbocycles. The molecule has 1 N–H and O–H groups in total. The van der Waals surface area contributed by atoms with Crippen molar-refractivity contribution in [2.45, 2.75) is 26.3 Å². The van der Waals surface area contributed by atoms with Crippen molar-refractivity contribution in [3.8, 4) is 5.75 Å². The van der Waals surface area contributed by atoms with Gasteiger partial charge in [0.1, 0.15) is 5.75 Å². The molecule has 1 aromatic carbocycles. The summed E-state index contributed by atoms with van der Waals surface area (Å²) in [6.45, 7) is 6.39. The summed E-state index contributed by atoms with van der Waals surface area (Å²) in [6, 6.07) is 5.57. The fourth-order valence-electron chi connectivity index (χ4n) is 2.50. The highest BCUT2D eigenvalue weighted by atomic mass is 16.3. The van der Waals surface area contributed by atoms with Crippen LogP contribution in [-0.2, 0) is 0 Å². The zero-order valence-corrected chi connectivity index (χ0v) is 11.9. The molecular weight excluding hydrogens is 240 g/mol. The maximum atomic E-state index is 12.4. The van der Waals surface area contributed by atoms with Crippen LogP contribution in [0.4, 0.5) is 0 Å². The largest absolute Gasteiger partial charge is 0.508 e. The van der Waals surface area contributed by atoms with E-state index in [1.54, 1.807) is 18.2 Å². The van der Waals surface area contributed by atoms with Crippen molar-refractivity contribution < 1.29 is 9.90 Å². The summed E-state index contributed by atoms with van der Waals surface area (Å²) in [5.74, 6) is 0.203. The van der Waals surface area contributed by atoms with Gasteiger partial charge in [0.05, 0.1) is 0 Å². The number of rotatable bonds is 2. The van der Waals surface area contributed by atoms with Crippen LogP contribution in [0, 0.1) is 6.92 Å². The van der Waals surface area contributed by atoms with E-state index in [4.69, 9.17) is 0 Å². The van der Waals surface area contributed by atoms with Crippen molar-refractivity contribution in [2.75, 3.05) is 26.7 Å². The predicted octanol–water partition coefficient (Wildman–Crippen LogP) is 1.87. The second-order valence-corrected chi connectivity index (χ2v) is 5.30. The molecule has 1 unspecified atom stereocenters. The summed E-state index contributed by atoms with van der Waals surface area (Å²) in [5.41, 5.74) is 1.36. The highest BCUT2D eigenvalue weighted by molar-refractivity contribution is 5.94. The summed E-state index contributed by atoms with van der Waals surface area (Å²) in [5, 5.41) is 9.71. The Kier molecular flexibility index (Phi) is 4.10. The third kappa shape index (κ3) is 2.89. The van der Waals surface area contributed by atoms with Gasteiger partial charge >= 0.3 is 0 Å². The number of hydrogen-bond acceptors (Lipinski definition) is 3. The third-order valence-corrected chi connectivity index (χ3v) is 3.99. The van der Waals surface area contributed by atoms with E-state index in [9.17, 15) is 9.90 Å². The van der Waals surface area contributed by atoms with Gasteiger partial charge in [0.15, 0.2) is 0 Å². The number of benzene rings is 1. The lowest BCUT2D eigenvalue weighted by Crippen LogP contribution is -2.52. The van der Waals surface area contributed by atoms with Crippen molar-refractivity contribution in [1.82, 2.24) is 9.80 Å². The molecule has 0 bridgehead atoms. The Labute approximate surface area is 114 Å². The molecular formula is C15H22N2O2. The summed E-state index contributed by atoms with van der Waals surface area (Å²) < 4.78 is 0. The second kappa shape index (κ2) is 5.61. The fraction of sp³-hybridized carbons (Fsp3) is 0.533. The molecule has 2 rings (SSSR count). The smallest absolute Gasteiger partial charge is 0.254 e. The lowest BCUT2D eigenvalue weighted by molar-refractivity contribution is 0.0541. The molecule has 1 amide bonds. The molecule has 0 spiro atoms. The van der Waals surface area contributed by atoms with Crippen LogP contribution in [0.1, 0.15) is 29.3 Å². The average Bonchev–Trinajstić information content (AvgIpc) is 2.41. The molecule has 1 aliphatic rings. The van der Waals surface area contributed by atoms with Crippen LogP contribution >= 0.6 is 0 Å². The quantitative estimate of drug-likeness (QED) is 0.885. The van der Waals surface area contributed by atoms with Crippen LogP contribution in [-0.4, -0.2) is 53.5 Å². The van der Waals surface area contributed by atoms with E-state index in [-0.39, 0.29) is 11.7 Å². The minimum absolute atomic E-state index is 0.0156. The van der Waals surface area contributed by atoms with Gasteiger partial charge in [0, 0.05) is 31.2 Å². The Bertz CT molecular complexity index is 473. The molecule has 0 aromatic heterocycles. The highest BCUT2D eigenvalue weighted by Gasteiger charge is 2.26. The Hall–Kier alpha value is -1.55. The molecule has 1 aromatic rings. The summed E-state index contributed by atoms with van der Waals surface area (Å²) >= 11 is 0. The highest BCUT2D eigenvalue weighted by Crippen LogP contribution is 2.20. The van der Waals surface area contributed by atoms with Crippen molar-refractivity contribution >= 4 is 5.91 Å². The number of carbonyl (C=O) groups is 1. The van der Waals surface area contributed by atoms with E-state index in [2.05, 4.69) is 18.9 Å². The van der Waals surface area contributed by atoms with Crippen LogP contribution in [0.5, 0.6) is 5.75 Å². The number of carbonyl (C=O) groups excluding carboxylic acids is 1. The molecule has 1 heterocycles. The van der Waals surface area contributed by atoms with Gasteiger partial charge in [0.2, 0.25) is 0 Å². The molecule has 1 fully saturated rings. The first-order valence-corrected chi connectivity index (χ1v) is 6.82. The first kappa shape index (κ1) is 13.9. The van der Waals surface area contributed by atoms with Crippen LogP contribution in [0.2, 0.25) is 0 Å². The summed E-state index contributed by atoms with van der Waals surface area (Å²) in [7, 11) is 2.10. The maximum absolute atomic E-state index is 12.4. The SMILES string of the molecule is CCC1CN(C(=O)c2ccc(C)c(O)c2)CCN1C. The van der Waals surface area contributed by atoms with Crippen molar-refractivity contribution in [3.63, 3.8) is 0 Å². The van der Waals surface area contributed by atoms with E-state index < -0.39 is 0 Å². The van der Waals surface area contributed by atoms with Crippen molar-refractivity contribution in [1.29, 1.82) is 0 Å². The standard InChI is InChI=1S/C15H22N2O2/c1-4-13-10-17(8-7-16(13)3)15(19)12-6-5-11(2)14(18)9-12/h5-6,9,13,18H,4,7-8,10H2,1-3H3. The van der Waals surface area contributed by atoms with Gasteiger partial charge < -0.3 is 10.0 Å². The van der Waals surface area contributed by atoms with E-state index >= 15 is 0 Å². The number of amides is 1. The van der Waals surface area contributed by atoms with E-state index in [0.29, 0.717) is 11.6 Å². The zero-order valence-electron chi connectivity index (χ0n) is 11.9. The molecule has 4 heteroatoms. The number of likely N-dealkylation sites (N-methyl/N-ethyl adjacent to an activating group) is 1. The van der Waals surface area contributed by atoms with Gasteiger partial charge in [-0.25, -0.2) is 0 Å². The maximum Gasteiger partial charge on any atom is 0.254 e. The number of phenolic OH excluding ortho intramolecular Hbond substituents is 1. The van der Waals surface area contributed by atoms with E-state index in [1.165, 1.54) is 0 Å². The lowest BCUT2D eigenvalue weighted by atomic mass is 10.1. The van der Waals surface area contributed by atoms with Gasteiger partial charge in [-0.3, -0.25) is 9.69 Å². The van der Waals surface area contributed by atoms with Gasteiger partial charge in [-0.05, 0) is 38.1 Å². The monoisotopic (exact) mass is 262 g/mol. The Morgan fingerprint density at radius 3 is 2.79 bits per heavy atom. The average molecular weight is 262 g/mol. The van der Waals surface area contributed by atoms with Crippen molar-refractivity contribution in [3.05, 3.63) is 29.3 Å². The lowest BCUT2D eigenvalue weighted by Gasteiger charge is -2.39. The van der Waals surface area contributed by atoms with Gasteiger partial charge in [-0.1, -0.05) is 13.0 Å². The van der Waals surface area contributed by atoms with Gasteiger partial charge in [0.25, 0.3) is 5.91 Å². The summed E-state index contributed by atoms with van der Waals surface area (Å²) in [4.78, 5) is 16.6. The van der Waals surface area contributed by atoms with Crippen LogP contribution in [0.25, 0.3) is 0 Å². The minimum Gasteiger partial charge on any atom is -0.508 e. The number of aryl methyl sites for hydroxylation is 1. The topological polar surface area (TPSA) is 43.8 Å². The predicted molar refractivity (Wildman–Crippen MR) is 75.5 cm³/mol. The number of phenols is 1. The fourth-order valence-corrected chi connectivity index (χ4v) is 2.50. The molecule has 1 saturated heterocycles. The minimum atomic E-state index is 0.0156. The van der Waals surface area contributed by atoms with Crippen LogP contribution < -0.4 is 0 Å². The molecule has 1 atom stereocenters. The molecule has 0 radical (unpaired) electrons. The number of aromatic hydroxyl groups is 1. The zero-order chi connectivity index (χ0) is 14.0. The van der Waals surface area contributed by atoms with E-state index in [0.717, 1.165) is 31.6 Å². The van der Waals surface area contributed by atoms with Crippen molar-refractivity contribution in [2.24, 2.45) is 0 Å². The molecule has 19 heavy (non-hydrogen) atoms. The first-order valence-electron chi connectivity index (χ1n) is 6.82. The van der Waals surface area contributed by atoms with Gasteiger partial charge in [-0.15, -0.1) is 0 Å². The van der Waals surface area contributed by atoms with Gasteiger partial charge in [-0.2, -0.15) is 0 Å². The second-order valence-electron chi connectivity index (χ2n) is 5.30. The third-order valence-electron chi connectivity index (χ3n) is 3.99. The molecule has 4 nitrogen and oxygen atoms in total. The number of hydrogen-bond donors (Lipinski definition) is 1. The van der Waals surface area contributed by atoms with E-state index in [1.807, 2.05) is 11.8 Å². The summed E-state index contributed by atoms with van der Waals surface area (Å²) in [6.07, 6.45) is 1.04. The first-order chi connectivity index (χ1) is 9.02. The molecule has 0 saturated carbocycles. The molecule has 1 aliphatic heterocycles. The molecule has 104 valence electrons. The Morgan fingerprint density at radius 2 is 2.16 bits per heavy atom. The van der Waals surface area contributed by atoms with Crippen LogP contribution in [0.15, 0.2) is 18.2 Å². The Morgan fingerprint density at radius 1 is 1.42 bits per heavy atom. The number of piperazine rings is 1. The van der Waals surface area contributed by atoms with Crippen LogP contribution in [0.3, 0.4) is 0 Å². The Balaban J connectivity index is 2.13.